The minimum Gasteiger partial charge on any atom is -0.328 e. The Hall–Kier alpha value is -0.0400. The van der Waals surface area contributed by atoms with Gasteiger partial charge in [-0.2, -0.15) is 0 Å². The van der Waals surface area contributed by atoms with Crippen LogP contribution in [0.4, 0.5) is 0 Å². The van der Waals surface area contributed by atoms with Crippen molar-refractivity contribution >= 4 is 0 Å². The van der Waals surface area contributed by atoms with Crippen molar-refractivity contribution < 1.29 is 0 Å². The second kappa shape index (κ2) is 2.91. The van der Waals surface area contributed by atoms with Gasteiger partial charge in [0, 0.05) is 6.04 Å². The Morgan fingerprint density at radius 3 is 2.30 bits per heavy atom. The van der Waals surface area contributed by atoms with E-state index in [-0.39, 0.29) is 0 Å². The zero-order valence-electron chi connectivity index (χ0n) is 7.19. The molecule has 0 amide bonds. The van der Waals surface area contributed by atoms with Crippen molar-refractivity contribution in [3.8, 4) is 0 Å². The van der Waals surface area contributed by atoms with E-state index in [9.17, 15) is 0 Å². The van der Waals surface area contributed by atoms with Crippen molar-refractivity contribution in [3.05, 3.63) is 0 Å². The van der Waals surface area contributed by atoms with Gasteiger partial charge < -0.3 is 5.73 Å². The van der Waals surface area contributed by atoms with Gasteiger partial charge in [-0.15, -0.1) is 0 Å². The first-order chi connectivity index (χ1) is 4.72. The van der Waals surface area contributed by atoms with E-state index in [0.717, 1.165) is 0 Å². The van der Waals surface area contributed by atoms with Crippen LogP contribution in [0.1, 0.15) is 46.0 Å². The zero-order chi connectivity index (χ0) is 7.61. The van der Waals surface area contributed by atoms with Crippen LogP contribution in [-0.2, 0) is 0 Å². The van der Waals surface area contributed by atoms with Gasteiger partial charge in [0.2, 0.25) is 0 Å². The van der Waals surface area contributed by atoms with Gasteiger partial charge in [-0.1, -0.05) is 26.7 Å². The first-order valence-electron chi connectivity index (χ1n) is 4.48. The first-order valence-corrected chi connectivity index (χ1v) is 4.48. The molecule has 1 rings (SSSR count). The normalized spacial score (nSPS) is 39.3. The Morgan fingerprint density at radius 2 is 2.00 bits per heavy atom. The molecule has 0 saturated heterocycles. The van der Waals surface area contributed by atoms with Gasteiger partial charge in [0.15, 0.2) is 0 Å². The van der Waals surface area contributed by atoms with Crippen molar-refractivity contribution in [1.29, 1.82) is 0 Å². The highest BCUT2D eigenvalue weighted by molar-refractivity contribution is 4.94. The summed E-state index contributed by atoms with van der Waals surface area (Å²) in [5, 5.41) is 0. The minimum absolute atomic E-state index is 0.520. The molecule has 1 aliphatic carbocycles. The molecule has 0 aromatic rings. The molecule has 0 aliphatic heterocycles. The fraction of sp³-hybridized carbons (Fsp3) is 1.00. The van der Waals surface area contributed by atoms with Crippen LogP contribution in [0.15, 0.2) is 0 Å². The molecule has 0 aromatic heterocycles. The molecule has 1 aliphatic rings. The average Bonchev–Trinajstić information content (AvgIpc) is 1.84. The quantitative estimate of drug-likeness (QED) is 0.641. The molecule has 0 spiro atoms. The molecule has 0 atom stereocenters. The highest BCUT2D eigenvalue weighted by Crippen LogP contribution is 2.46. The third kappa shape index (κ3) is 1.34. The zero-order valence-corrected chi connectivity index (χ0v) is 7.19. The molecule has 0 heterocycles. The summed E-state index contributed by atoms with van der Waals surface area (Å²) < 4.78 is 0. The second-order valence-corrected chi connectivity index (χ2v) is 3.77. The van der Waals surface area contributed by atoms with Gasteiger partial charge >= 0.3 is 0 Å². The largest absolute Gasteiger partial charge is 0.328 e. The van der Waals surface area contributed by atoms with Gasteiger partial charge in [0.05, 0.1) is 0 Å². The average molecular weight is 141 g/mol. The van der Waals surface area contributed by atoms with Gasteiger partial charge in [-0.25, -0.2) is 0 Å². The summed E-state index contributed by atoms with van der Waals surface area (Å²) in [5.41, 5.74) is 6.42. The van der Waals surface area contributed by atoms with Crippen molar-refractivity contribution in [2.75, 3.05) is 0 Å². The number of nitrogens with two attached hydrogens (primary N) is 1. The molecule has 1 heteroatoms. The molecular formula is C9H19N. The van der Waals surface area contributed by atoms with Gasteiger partial charge in [-0.3, -0.25) is 0 Å². The van der Waals surface area contributed by atoms with Crippen molar-refractivity contribution in [2.24, 2.45) is 11.1 Å². The van der Waals surface area contributed by atoms with Gasteiger partial charge in [0.25, 0.3) is 0 Å². The van der Waals surface area contributed by atoms with E-state index >= 15 is 0 Å². The molecule has 0 unspecified atom stereocenters. The maximum atomic E-state index is 5.76. The fourth-order valence-electron chi connectivity index (χ4n) is 2.25. The number of hydrogen-bond donors (Lipinski definition) is 1. The third-order valence-electron chi connectivity index (χ3n) is 2.92. The van der Waals surface area contributed by atoms with Crippen LogP contribution in [-0.4, -0.2) is 6.04 Å². The van der Waals surface area contributed by atoms with E-state index in [1.165, 1.54) is 32.1 Å². The molecular weight excluding hydrogens is 122 g/mol. The summed E-state index contributed by atoms with van der Waals surface area (Å²) in [6, 6.07) is 0.520. The number of hydrogen-bond acceptors (Lipinski definition) is 1. The smallest absolute Gasteiger partial charge is 0.00494 e. The lowest BCUT2D eigenvalue weighted by molar-refractivity contribution is 0.0858. The van der Waals surface area contributed by atoms with E-state index in [1.54, 1.807) is 0 Å². The summed E-state index contributed by atoms with van der Waals surface area (Å²) in [4.78, 5) is 0. The van der Waals surface area contributed by atoms with Gasteiger partial charge in [0.1, 0.15) is 0 Å². The highest BCUT2D eigenvalue weighted by atomic mass is 14.7. The molecule has 1 saturated carbocycles. The second-order valence-electron chi connectivity index (χ2n) is 3.77. The van der Waals surface area contributed by atoms with Crippen LogP contribution >= 0.6 is 0 Å². The molecule has 2 N–H and O–H groups in total. The molecule has 1 fully saturated rings. The van der Waals surface area contributed by atoms with Crippen LogP contribution in [0.2, 0.25) is 0 Å². The van der Waals surface area contributed by atoms with Crippen LogP contribution in [0.3, 0.4) is 0 Å². The number of rotatable bonds is 3. The molecule has 60 valence electrons. The van der Waals surface area contributed by atoms with Gasteiger partial charge in [-0.05, 0) is 24.7 Å². The fourth-order valence-corrected chi connectivity index (χ4v) is 2.25. The Balaban J connectivity index is 2.32. The lowest BCUT2D eigenvalue weighted by Crippen LogP contribution is -2.45. The lowest BCUT2D eigenvalue weighted by atomic mass is 9.62. The summed E-state index contributed by atoms with van der Waals surface area (Å²) in [6.07, 6.45) is 6.58. The van der Waals surface area contributed by atoms with Crippen molar-refractivity contribution in [2.45, 2.75) is 52.0 Å². The van der Waals surface area contributed by atoms with E-state index in [0.29, 0.717) is 11.5 Å². The molecule has 0 aromatic carbocycles. The lowest BCUT2D eigenvalue weighted by Gasteiger charge is -2.46. The molecule has 1 nitrogen and oxygen atoms in total. The SMILES string of the molecule is CCCC1(CC)CC(N)C1. The monoisotopic (exact) mass is 141 g/mol. The predicted octanol–water partition coefficient (Wildman–Crippen LogP) is 2.30. The Morgan fingerprint density at radius 1 is 1.40 bits per heavy atom. The minimum atomic E-state index is 0.520. The highest BCUT2D eigenvalue weighted by Gasteiger charge is 2.39. The third-order valence-corrected chi connectivity index (χ3v) is 2.92. The summed E-state index contributed by atoms with van der Waals surface area (Å²) in [6.45, 7) is 4.56. The van der Waals surface area contributed by atoms with Crippen LogP contribution < -0.4 is 5.73 Å². The Bertz CT molecular complexity index is 97.8. The Labute approximate surface area is 64.0 Å². The molecule has 0 bridgehead atoms. The van der Waals surface area contributed by atoms with Crippen molar-refractivity contribution in [3.63, 3.8) is 0 Å². The summed E-state index contributed by atoms with van der Waals surface area (Å²) in [7, 11) is 0. The molecule has 0 radical (unpaired) electrons. The van der Waals surface area contributed by atoms with Crippen LogP contribution in [0.25, 0.3) is 0 Å². The topological polar surface area (TPSA) is 26.0 Å². The maximum Gasteiger partial charge on any atom is 0.00494 e. The van der Waals surface area contributed by atoms with E-state index in [2.05, 4.69) is 13.8 Å². The van der Waals surface area contributed by atoms with E-state index < -0.39 is 0 Å². The Kier molecular flexibility index (Phi) is 2.35. The maximum absolute atomic E-state index is 5.76. The van der Waals surface area contributed by atoms with E-state index in [1.807, 2.05) is 0 Å². The summed E-state index contributed by atoms with van der Waals surface area (Å²) in [5.74, 6) is 0. The predicted molar refractivity (Wildman–Crippen MR) is 44.8 cm³/mol. The first kappa shape index (κ1) is 8.06. The van der Waals surface area contributed by atoms with E-state index in [4.69, 9.17) is 5.73 Å². The summed E-state index contributed by atoms with van der Waals surface area (Å²) >= 11 is 0. The standard InChI is InChI=1S/C9H19N/c1-3-5-9(4-2)6-8(10)7-9/h8H,3-7,10H2,1-2H3. The van der Waals surface area contributed by atoms with Crippen LogP contribution in [0.5, 0.6) is 0 Å². The molecule has 10 heavy (non-hydrogen) atoms. The van der Waals surface area contributed by atoms with Crippen LogP contribution in [0, 0.1) is 5.41 Å². The van der Waals surface area contributed by atoms with Crippen molar-refractivity contribution in [1.82, 2.24) is 0 Å².